The second-order valence-electron chi connectivity index (χ2n) is 8.27. The fourth-order valence-corrected chi connectivity index (χ4v) is 4.69. The zero-order valence-corrected chi connectivity index (χ0v) is 20.6. The van der Waals surface area contributed by atoms with Gasteiger partial charge in [-0.2, -0.15) is 22.6 Å². The van der Waals surface area contributed by atoms with E-state index in [0.29, 0.717) is 12.3 Å². The molecule has 1 aliphatic rings. The number of esters is 1. The number of aromatic nitrogens is 2. The molecule has 4 atom stereocenters. The van der Waals surface area contributed by atoms with Crippen molar-refractivity contribution in [3.63, 3.8) is 0 Å². The number of nitrogens with one attached hydrogen (secondary N) is 2. The van der Waals surface area contributed by atoms with Gasteiger partial charge in [0.25, 0.3) is 5.56 Å². The lowest BCUT2D eigenvalue weighted by molar-refractivity contribution is -0.209. The fourth-order valence-electron chi connectivity index (χ4n) is 3.20. The SMILES string of the molecule is CC(C)OC(=O)[C@H](C)NP(=O)(OC[C@H]1O[C@@H](n2ccc(=O)[nH]c2=O)C(F)(F)C1(F)F)Oc1ccccc1. The van der Waals surface area contributed by atoms with Crippen LogP contribution in [0.1, 0.15) is 27.0 Å². The topological polar surface area (TPSA) is 138 Å². The summed E-state index contributed by atoms with van der Waals surface area (Å²) in [5.74, 6) is -10.8. The van der Waals surface area contributed by atoms with Gasteiger partial charge in [-0.15, -0.1) is 0 Å². The van der Waals surface area contributed by atoms with Gasteiger partial charge >= 0.3 is 31.3 Å². The van der Waals surface area contributed by atoms with Gasteiger partial charge in [-0.1, -0.05) is 18.2 Å². The Morgan fingerprint density at radius 2 is 1.78 bits per heavy atom. The lowest BCUT2D eigenvalue weighted by atomic mass is 10.1. The Morgan fingerprint density at radius 3 is 2.38 bits per heavy atom. The fraction of sp³-hybridized carbons (Fsp3) is 0.476. The normalized spacial score (nSPS) is 22.8. The number of rotatable bonds is 10. The Balaban J connectivity index is 1.85. The summed E-state index contributed by atoms with van der Waals surface area (Å²) in [6.07, 6.45) is -5.49. The number of nitrogens with zero attached hydrogens (tertiary/aromatic N) is 1. The molecule has 16 heteroatoms. The first-order chi connectivity index (χ1) is 17.2. The zero-order chi connectivity index (χ0) is 27.6. The van der Waals surface area contributed by atoms with Crippen LogP contribution in [-0.2, 0) is 23.4 Å². The van der Waals surface area contributed by atoms with Gasteiger partial charge in [0.15, 0.2) is 6.10 Å². The van der Waals surface area contributed by atoms with Crippen LogP contribution in [-0.4, -0.2) is 52.2 Å². The summed E-state index contributed by atoms with van der Waals surface area (Å²) in [4.78, 5) is 37.0. The summed E-state index contributed by atoms with van der Waals surface area (Å²) in [5.41, 5.74) is -2.35. The molecule has 0 spiro atoms. The first kappa shape index (κ1) is 28.6. The van der Waals surface area contributed by atoms with E-state index in [2.05, 4.69) is 5.09 Å². The summed E-state index contributed by atoms with van der Waals surface area (Å²) >= 11 is 0. The van der Waals surface area contributed by atoms with E-state index in [1.807, 2.05) is 0 Å². The third-order valence-electron chi connectivity index (χ3n) is 4.98. The van der Waals surface area contributed by atoms with Crippen LogP contribution in [0.4, 0.5) is 17.6 Å². The molecule has 0 amide bonds. The van der Waals surface area contributed by atoms with Gasteiger partial charge in [0.05, 0.1) is 12.7 Å². The molecule has 2 N–H and O–H groups in total. The van der Waals surface area contributed by atoms with Gasteiger partial charge in [0.2, 0.25) is 6.23 Å². The average molecular weight is 553 g/mol. The third-order valence-corrected chi connectivity index (χ3v) is 6.62. The highest BCUT2D eigenvalue weighted by atomic mass is 31.2. The van der Waals surface area contributed by atoms with Crippen molar-refractivity contribution in [1.82, 2.24) is 14.6 Å². The number of para-hydroxylation sites is 1. The minimum Gasteiger partial charge on any atom is -0.462 e. The van der Waals surface area contributed by atoms with E-state index in [0.717, 1.165) is 0 Å². The van der Waals surface area contributed by atoms with Gasteiger partial charge in [-0.25, -0.2) is 9.36 Å². The number of H-pyrrole nitrogens is 1. The number of hydrogen-bond acceptors (Lipinski definition) is 8. The molecule has 1 fully saturated rings. The van der Waals surface area contributed by atoms with Crippen LogP contribution < -0.4 is 20.9 Å². The maximum atomic E-state index is 14.7. The number of ether oxygens (including phenoxy) is 2. The number of carbonyl (C=O) groups excluding carboxylic acids is 1. The highest BCUT2D eigenvalue weighted by molar-refractivity contribution is 7.52. The van der Waals surface area contributed by atoms with E-state index >= 15 is 0 Å². The summed E-state index contributed by atoms with van der Waals surface area (Å²) < 4.78 is 92.3. The summed E-state index contributed by atoms with van der Waals surface area (Å²) in [6, 6.07) is 6.64. The van der Waals surface area contributed by atoms with E-state index in [9.17, 15) is 36.5 Å². The molecule has 11 nitrogen and oxygen atoms in total. The first-order valence-electron chi connectivity index (χ1n) is 10.9. The Morgan fingerprint density at radius 1 is 1.14 bits per heavy atom. The highest BCUT2D eigenvalue weighted by Gasteiger charge is 2.73. The number of aromatic amines is 1. The smallest absolute Gasteiger partial charge is 0.459 e. The molecule has 0 radical (unpaired) electrons. The molecule has 2 aromatic rings. The molecule has 1 aromatic heterocycles. The number of carbonyl (C=O) groups is 1. The predicted octanol–water partition coefficient (Wildman–Crippen LogP) is 2.84. The van der Waals surface area contributed by atoms with Crippen molar-refractivity contribution >= 4 is 13.7 Å². The van der Waals surface area contributed by atoms with Crippen molar-refractivity contribution in [1.29, 1.82) is 0 Å². The number of hydrogen-bond donors (Lipinski definition) is 2. The lowest BCUT2D eigenvalue weighted by Crippen LogP contribution is -2.48. The highest BCUT2D eigenvalue weighted by Crippen LogP contribution is 2.54. The van der Waals surface area contributed by atoms with Crippen LogP contribution in [0.25, 0.3) is 0 Å². The van der Waals surface area contributed by atoms with Crippen LogP contribution in [0, 0.1) is 0 Å². The molecule has 37 heavy (non-hydrogen) atoms. The maximum absolute atomic E-state index is 14.7. The molecule has 0 aliphatic carbocycles. The van der Waals surface area contributed by atoms with E-state index < -0.39 is 67.9 Å². The molecule has 3 rings (SSSR count). The van der Waals surface area contributed by atoms with Crippen LogP contribution in [0.5, 0.6) is 5.75 Å². The Hall–Kier alpha value is -3.00. The minimum atomic E-state index is -4.94. The molecule has 1 saturated heterocycles. The van der Waals surface area contributed by atoms with Crippen LogP contribution in [0.3, 0.4) is 0 Å². The second-order valence-corrected chi connectivity index (χ2v) is 9.97. The van der Waals surface area contributed by atoms with Crippen molar-refractivity contribution in [3.05, 3.63) is 63.4 Å². The summed E-state index contributed by atoms with van der Waals surface area (Å²) in [5, 5.41) is 2.23. The minimum absolute atomic E-state index is 0.0511. The van der Waals surface area contributed by atoms with Gasteiger partial charge in [0, 0.05) is 12.3 Å². The van der Waals surface area contributed by atoms with Gasteiger partial charge in [0.1, 0.15) is 11.8 Å². The van der Waals surface area contributed by atoms with Crippen molar-refractivity contribution < 1.29 is 45.4 Å². The first-order valence-corrected chi connectivity index (χ1v) is 12.4. The molecule has 204 valence electrons. The van der Waals surface area contributed by atoms with Crippen molar-refractivity contribution in [3.8, 4) is 5.75 Å². The Kier molecular flexibility index (Phi) is 8.32. The monoisotopic (exact) mass is 553 g/mol. The molecule has 2 heterocycles. The maximum Gasteiger partial charge on any atom is 0.459 e. The number of benzene rings is 1. The van der Waals surface area contributed by atoms with E-state index in [1.165, 1.54) is 31.2 Å². The van der Waals surface area contributed by atoms with Gasteiger partial charge in [-0.05, 0) is 32.9 Å². The van der Waals surface area contributed by atoms with E-state index in [1.54, 1.807) is 24.9 Å². The van der Waals surface area contributed by atoms with Crippen LogP contribution in [0.2, 0.25) is 0 Å². The van der Waals surface area contributed by atoms with Gasteiger partial charge < -0.3 is 14.0 Å². The Bertz CT molecular complexity index is 1270. The van der Waals surface area contributed by atoms with E-state index in [-0.39, 0.29) is 10.3 Å². The van der Waals surface area contributed by atoms with E-state index in [4.69, 9.17) is 18.5 Å². The summed E-state index contributed by atoms with van der Waals surface area (Å²) in [7, 11) is -4.68. The number of alkyl halides is 4. The third kappa shape index (κ3) is 6.29. The van der Waals surface area contributed by atoms with Gasteiger partial charge in [-0.3, -0.25) is 23.7 Å². The molecule has 1 aliphatic heterocycles. The molecule has 1 unspecified atom stereocenters. The Labute approximate surface area is 207 Å². The molecule has 0 bridgehead atoms. The van der Waals surface area contributed by atoms with Crippen LogP contribution in [0.15, 0.2) is 52.2 Å². The molecular weight excluding hydrogens is 529 g/mol. The van der Waals surface area contributed by atoms with Crippen LogP contribution >= 0.6 is 7.75 Å². The largest absolute Gasteiger partial charge is 0.462 e. The average Bonchev–Trinajstić information content (AvgIpc) is 2.97. The quantitative estimate of drug-likeness (QED) is 0.258. The summed E-state index contributed by atoms with van der Waals surface area (Å²) in [6.45, 7) is 2.96. The molecule has 0 saturated carbocycles. The molecule has 1 aromatic carbocycles. The van der Waals surface area contributed by atoms with Crippen molar-refractivity contribution in [2.45, 2.75) is 57.1 Å². The predicted molar refractivity (Wildman–Crippen MR) is 120 cm³/mol. The standard InChI is InChI=1S/C21H24F4N3O8P/c1-12(2)34-17(30)13(3)27-37(32,36-14-7-5-4-6-8-14)33-11-15-20(22,23)21(24,25)18(35-15)28-10-9-16(29)26-19(28)31/h4-10,12-13,15,18H,11H2,1-3H3,(H,27,32)(H,26,29,31)/t13-,15+,18+,37?/m0/s1. The molecular formula is C21H24F4N3O8P. The van der Waals surface area contributed by atoms with Crippen molar-refractivity contribution in [2.75, 3.05) is 6.61 Å². The second kappa shape index (κ2) is 10.8. The van der Waals surface area contributed by atoms with Crippen molar-refractivity contribution in [2.24, 2.45) is 0 Å². The zero-order valence-electron chi connectivity index (χ0n) is 19.7. The lowest BCUT2D eigenvalue weighted by Gasteiger charge is -2.26. The number of halogens is 4.